The van der Waals surface area contributed by atoms with Crippen LogP contribution in [0.25, 0.3) is 0 Å². The molecular formula is C10H21BN2O3. The molecular weight excluding hydrogens is 207 g/mol. The van der Waals surface area contributed by atoms with Crippen molar-refractivity contribution in [3.05, 3.63) is 0 Å². The van der Waals surface area contributed by atoms with Crippen molar-refractivity contribution in [1.82, 2.24) is 5.32 Å². The van der Waals surface area contributed by atoms with Gasteiger partial charge < -0.3 is 21.1 Å². The van der Waals surface area contributed by atoms with Crippen molar-refractivity contribution < 1.29 is 14.8 Å². The minimum Gasteiger partial charge on any atom is -0.426 e. The van der Waals surface area contributed by atoms with Gasteiger partial charge in [0.15, 0.2) is 0 Å². The van der Waals surface area contributed by atoms with Gasteiger partial charge in [-0.05, 0) is 25.7 Å². The van der Waals surface area contributed by atoms with E-state index in [0.717, 1.165) is 25.7 Å². The highest BCUT2D eigenvalue weighted by atomic mass is 16.4. The molecule has 0 aromatic rings. The Balaban J connectivity index is 2.40. The van der Waals surface area contributed by atoms with Crippen LogP contribution in [0.15, 0.2) is 0 Å². The van der Waals surface area contributed by atoms with E-state index in [1.807, 2.05) is 0 Å². The van der Waals surface area contributed by atoms with Gasteiger partial charge in [-0.1, -0.05) is 19.3 Å². The second kappa shape index (κ2) is 6.22. The molecule has 16 heavy (non-hydrogen) atoms. The number of hydrogen-bond donors (Lipinski definition) is 4. The predicted octanol–water partition coefficient (Wildman–Crippen LogP) is -0.589. The lowest BCUT2D eigenvalue weighted by Crippen LogP contribution is -2.52. The fraction of sp³-hybridized carbons (Fsp3) is 0.900. The Labute approximate surface area is 96.6 Å². The van der Waals surface area contributed by atoms with Crippen molar-refractivity contribution in [2.24, 2.45) is 11.7 Å². The summed E-state index contributed by atoms with van der Waals surface area (Å²) in [6, 6.07) is -0.526. The molecule has 1 aliphatic carbocycles. The summed E-state index contributed by atoms with van der Waals surface area (Å²) in [5.41, 5.74) is 5.87. The molecule has 0 aliphatic heterocycles. The Hall–Kier alpha value is -0.585. The van der Waals surface area contributed by atoms with E-state index in [-0.39, 0.29) is 11.8 Å². The molecule has 1 rings (SSSR count). The molecule has 0 heterocycles. The summed E-state index contributed by atoms with van der Waals surface area (Å²) in [4.78, 5) is 11.7. The standard InChI is InChI=1S/C10H21BN2O3/c1-7(11(15)16)13-10(14)9(12)8-5-3-2-4-6-8/h7-9,15-16H,2-6,12H2,1H3,(H,13,14)/t7-,9-/m0/s1. The fourth-order valence-electron chi connectivity index (χ4n) is 2.10. The Kier molecular flexibility index (Phi) is 5.24. The van der Waals surface area contributed by atoms with Gasteiger partial charge in [0, 0.05) is 0 Å². The third kappa shape index (κ3) is 3.77. The van der Waals surface area contributed by atoms with Crippen molar-refractivity contribution >= 4 is 13.0 Å². The van der Waals surface area contributed by atoms with E-state index in [1.54, 1.807) is 0 Å². The van der Waals surface area contributed by atoms with Crippen molar-refractivity contribution in [3.63, 3.8) is 0 Å². The molecule has 92 valence electrons. The van der Waals surface area contributed by atoms with Crippen LogP contribution in [-0.4, -0.2) is 35.1 Å². The summed E-state index contributed by atoms with van der Waals surface area (Å²) < 4.78 is 0. The van der Waals surface area contributed by atoms with Crippen molar-refractivity contribution in [3.8, 4) is 0 Å². The lowest BCUT2D eigenvalue weighted by Gasteiger charge is -2.27. The summed E-state index contributed by atoms with van der Waals surface area (Å²) in [6.07, 6.45) is 5.46. The van der Waals surface area contributed by atoms with E-state index >= 15 is 0 Å². The molecule has 5 N–H and O–H groups in total. The molecule has 0 spiro atoms. The maximum Gasteiger partial charge on any atom is 0.475 e. The predicted molar refractivity (Wildman–Crippen MR) is 62.3 cm³/mol. The fourth-order valence-corrected chi connectivity index (χ4v) is 2.10. The van der Waals surface area contributed by atoms with Crippen molar-refractivity contribution in [1.29, 1.82) is 0 Å². The Morgan fingerprint density at radius 2 is 1.94 bits per heavy atom. The third-order valence-electron chi connectivity index (χ3n) is 3.28. The molecule has 5 nitrogen and oxygen atoms in total. The Morgan fingerprint density at radius 3 is 2.44 bits per heavy atom. The van der Waals surface area contributed by atoms with Crippen LogP contribution in [-0.2, 0) is 4.79 Å². The van der Waals surface area contributed by atoms with Gasteiger partial charge >= 0.3 is 7.12 Å². The Bertz CT molecular complexity index is 232. The van der Waals surface area contributed by atoms with Crippen LogP contribution < -0.4 is 11.1 Å². The molecule has 0 radical (unpaired) electrons. The van der Waals surface area contributed by atoms with Gasteiger partial charge in [-0.3, -0.25) is 4.79 Å². The summed E-state index contributed by atoms with van der Waals surface area (Å²) in [5.74, 6) is -0.730. The lowest BCUT2D eigenvalue weighted by molar-refractivity contribution is -0.124. The quantitative estimate of drug-likeness (QED) is 0.483. The second-order valence-corrected chi connectivity index (χ2v) is 4.63. The van der Waals surface area contributed by atoms with Gasteiger partial charge in [-0.25, -0.2) is 0 Å². The molecule has 0 saturated heterocycles. The molecule has 1 aliphatic rings. The number of rotatable bonds is 4. The highest BCUT2D eigenvalue weighted by Gasteiger charge is 2.28. The van der Waals surface area contributed by atoms with Crippen LogP contribution >= 0.6 is 0 Å². The van der Waals surface area contributed by atoms with E-state index in [9.17, 15) is 4.79 Å². The van der Waals surface area contributed by atoms with E-state index < -0.39 is 19.1 Å². The normalized spacial score (nSPS) is 21.2. The average Bonchev–Trinajstić information content (AvgIpc) is 2.28. The number of nitrogens with one attached hydrogen (secondary N) is 1. The molecule has 1 fully saturated rings. The zero-order chi connectivity index (χ0) is 12.1. The molecule has 0 aromatic heterocycles. The van der Waals surface area contributed by atoms with Crippen molar-refractivity contribution in [2.75, 3.05) is 0 Å². The van der Waals surface area contributed by atoms with Crippen molar-refractivity contribution in [2.45, 2.75) is 51.0 Å². The lowest BCUT2D eigenvalue weighted by atomic mass is 9.80. The van der Waals surface area contributed by atoms with Gasteiger partial charge in [0.1, 0.15) is 0 Å². The molecule has 1 amide bonds. The monoisotopic (exact) mass is 228 g/mol. The summed E-state index contributed by atoms with van der Waals surface area (Å²) >= 11 is 0. The van der Waals surface area contributed by atoms with E-state index in [0.29, 0.717) is 0 Å². The number of carbonyl (C=O) groups excluding carboxylic acids is 1. The molecule has 1 saturated carbocycles. The second-order valence-electron chi connectivity index (χ2n) is 4.63. The van der Waals surface area contributed by atoms with Crippen LogP contribution in [0.4, 0.5) is 0 Å². The van der Waals surface area contributed by atoms with Gasteiger partial charge in [0.2, 0.25) is 5.91 Å². The largest absolute Gasteiger partial charge is 0.475 e. The Morgan fingerprint density at radius 1 is 1.38 bits per heavy atom. The van der Waals surface area contributed by atoms with Gasteiger partial charge in [0.25, 0.3) is 0 Å². The van der Waals surface area contributed by atoms with Crippen LogP contribution in [0.2, 0.25) is 0 Å². The van der Waals surface area contributed by atoms with Crippen LogP contribution in [0.3, 0.4) is 0 Å². The number of amides is 1. The summed E-state index contributed by atoms with van der Waals surface area (Å²) in [5, 5.41) is 20.2. The minimum absolute atomic E-state index is 0.233. The van der Waals surface area contributed by atoms with Crippen LogP contribution in [0.5, 0.6) is 0 Å². The topological polar surface area (TPSA) is 95.6 Å². The SMILES string of the molecule is C[C@H](NC(=O)[C@@H](N)C1CCCCC1)B(O)O. The molecule has 6 heteroatoms. The molecule has 0 bridgehead atoms. The third-order valence-corrected chi connectivity index (χ3v) is 3.28. The minimum atomic E-state index is -1.54. The number of hydrogen-bond acceptors (Lipinski definition) is 4. The zero-order valence-electron chi connectivity index (χ0n) is 9.72. The average molecular weight is 228 g/mol. The highest BCUT2D eigenvalue weighted by Crippen LogP contribution is 2.25. The molecule has 2 atom stereocenters. The summed E-state index contributed by atoms with van der Waals surface area (Å²) in [7, 11) is -1.54. The first kappa shape index (κ1) is 13.5. The van der Waals surface area contributed by atoms with E-state index in [4.69, 9.17) is 15.8 Å². The first-order valence-electron chi connectivity index (χ1n) is 5.94. The molecule has 0 unspecified atom stereocenters. The number of nitrogens with two attached hydrogens (primary N) is 1. The maximum atomic E-state index is 11.7. The zero-order valence-corrected chi connectivity index (χ0v) is 9.72. The van der Waals surface area contributed by atoms with Crippen LogP contribution in [0.1, 0.15) is 39.0 Å². The van der Waals surface area contributed by atoms with Crippen LogP contribution in [0, 0.1) is 5.92 Å². The molecule has 0 aromatic carbocycles. The van der Waals surface area contributed by atoms with E-state index in [1.165, 1.54) is 13.3 Å². The summed E-state index contributed by atoms with van der Waals surface area (Å²) in [6.45, 7) is 1.54. The number of carbonyl (C=O) groups is 1. The van der Waals surface area contributed by atoms with E-state index in [2.05, 4.69) is 5.32 Å². The smallest absolute Gasteiger partial charge is 0.426 e. The first-order chi connectivity index (χ1) is 7.52. The maximum absolute atomic E-state index is 11.7. The highest BCUT2D eigenvalue weighted by molar-refractivity contribution is 6.43. The first-order valence-corrected chi connectivity index (χ1v) is 5.94. The van der Waals surface area contributed by atoms with Gasteiger partial charge in [-0.2, -0.15) is 0 Å². The van der Waals surface area contributed by atoms with Gasteiger partial charge in [0.05, 0.1) is 12.0 Å². The van der Waals surface area contributed by atoms with Gasteiger partial charge in [-0.15, -0.1) is 0 Å².